The first-order valence-corrected chi connectivity index (χ1v) is 9.10. The SMILES string of the molecule is CC(C)(C)C1CN(CC2CCCCO2)C2(CCCC2)CN1. The van der Waals surface area contributed by atoms with Crippen LogP contribution >= 0.6 is 0 Å². The molecule has 2 atom stereocenters. The molecule has 3 aliphatic rings. The van der Waals surface area contributed by atoms with Crippen molar-refractivity contribution in [2.75, 3.05) is 26.2 Å². The average Bonchev–Trinajstić information content (AvgIpc) is 2.91. The number of nitrogens with one attached hydrogen (secondary N) is 1. The molecule has 1 aliphatic carbocycles. The van der Waals surface area contributed by atoms with Crippen molar-refractivity contribution in [3.8, 4) is 0 Å². The van der Waals surface area contributed by atoms with Gasteiger partial charge in [-0.2, -0.15) is 0 Å². The molecule has 0 aromatic heterocycles. The maximum Gasteiger partial charge on any atom is 0.0702 e. The van der Waals surface area contributed by atoms with Crippen molar-refractivity contribution < 1.29 is 4.74 Å². The zero-order chi connectivity index (χ0) is 14.9. The smallest absolute Gasteiger partial charge is 0.0702 e. The van der Waals surface area contributed by atoms with Gasteiger partial charge in [0.2, 0.25) is 0 Å². The summed E-state index contributed by atoms with van der Waals surface area (Å²) in [4.78, 5) is 2.82. The molecule has 0 radical (unpaired) electrons. The van der Waals surface area contributed by atoms with E-state index in [1.54, 1.807) is 0 Å². The lowest BCUT2D eigenvalue weighted by atomic mass is 9.81. The number of rotatable bonds is 2. The largest absolute Gasteiger partial charge is 0.377 e. The molecule has 3 fully saturated rings. The zero-order valence-electron chi connectivity index (χ0n) is 14.3. The maximum absolute atomic E-state index is 6.04. The van der Waals surface area contributed by atoms with Crippen LogP contribution in [-0.2, 0) is 4.74 Å². The Labute approximate surface area is 130 Å². The minimum atomic E-state index is 0.339. The average molecular weight is 294 g/mol. The number of piperazine rings is 1. The molecule has 2 heterocycles. The predicted octanol–water partition coefficient (Wildman–Crippen LogP) is 3.19. The Morgan fingerprint density at radius 1 is 1.14 bits per heavy atom. The predicted molar refractivity (Wildman–Crippen MR) is 87.6 cm³/mol. The van der Waals surface area contributed by atoms with E-state index in [4.69, 9.17) is 4.74 Å². The third-order valence-corrected chi connectivity index (χ3v) is 6.03. The molecule has 0 bridgehead atoms. The molecule has 2 saturated heterocycles. The molecular formula is C18H34N2O. The van der Waals surface area contributed by atoms with Crippen molar-refractivity contribution in [1.29, 1.82) is 0 Å². The van der Waals surface area contributed by atoms with Crippen LogP contribution in [0, 0.1) is 5.41 Å². The lowest BCUT2D eigenvalue weighted by molar-refractivity contribution is -0.0527. The van der Waals surface area contributed by atoms with Gasteiger partial charge in [-0.25, -0.2) is 0 Å². The standard InChI is InChI=1S/C18H34N2O/c1-17(2,3)16-13-20(12-15-8-4-7-11-21-15)18(14-19-16)9-5-6-10-18/h15-16,19H,4-14H2,1-3H3. The molecule has 3 heteroatoms. The van der Waals surface area contributed by atoms with E-state index in [9.17, 15) is 0 Å². The van der Waals surface area contributed by atoms with Crippen LogP contribution in [0.2, 0.25) is 0 Å². The normalized spacial score (nSPS) is 34.4. The van der Waals surface area contributed by atoms with E-state index in [0.717, 1.165) is 13.2 Å². The Bertz CT molecular complexity index is 338. The molecule has 0 aromatic carbocycles. The molecule has 21 heavy (non-hydrogen) atoms. The van der Waals surface area contributed by atoms with Crippen molar-refractivity contribution >= 4 is 0 Å². The zero-order valence-corrected chi connectivity index (χ0v) is 14.3. The summed E-state index contributed by atoms with van der Waals surface area (Å²) in [5, 5.41) is 3.88. The summed E-state index contributed by atoms with van der Waals surface area (Å²) in [7, 11) is 0. The summed E-state index contributed by atoms with van der Waals surface area (Å²) in [6, 6.07) is 0.604. The fourth-order valence-corrected chi connectivity index (χ4v) is 4.48. The molecule has 3 nitrogen and oxygen atoms in total. The van der Waals surface area contributed by atoms with Crippen LogP contribution in [-0.4, -0.2) is 48.8 Å². The van der Waals surface area contributed by atoms with Gasteiger partial charge in [-0.05, 0) is 37.5 Å². The fourth-order valence-electron chi connectivity index (χ4n) is 4.48. The van der Waals surface area contributed by atoms with E-state index >= 15 is 0 Å². The highest BCUT2D eigenvalue weighted by molar-refractivity contribution is 5.04. The van der Waals surface area contributed by atoms with E-state index in [-0.39, 0.29) is 0 Å². The van der Waals surface area contributed by atoms with Crippen molar-refractivity contribution in [1.82, 2.24) is 10.2 Å². The van der Waals surface area contributed by atoms with Gasteiger partial charge in [0.25, 0.3) is 0 Å². The number of nitrogens with zero attached hydrogens (tertiary/aromatic N) is 1. The summed E-state index contributed by atoms with van der Waals surface area (Å²) in [6.07, 6.45) is 9.93. The minimum absolute atomic E-state index is 0.339. The Kier molecular flexibility index (Phi) is 4.63. The van der Waals surface area contributed by atoms with E-state index in [1.165, 1.54) is 58.0 Å². The van der Waals surface area contributed by atoms with Crippen molar-refractivity contribution in [2.45, 2.75) is 83.4 Å². The van der Waals surface area contributed by atoms with Gasteiger partial charge in [0.1, 0.15) is 0 Å². The Morgan fingerprint density at radius 2 is 1.90 bits per heavy atom. The van der Waals surface area contributed by atoms with Gasteiger partial charge in [0.15, 0.2) is 0 Å². The second-order valence-electron chi connectivity index (χ2n) is 8.62. The fraction of sp³-hybridized carbons (Fsp3) is 1.00. The molecule has 0 aromatic rings. The highest BCUT2D eigenvalue weighted by Crippen LogP contribution is 2.39. The van der Waals surface area contributed by atoms with Gasteiger partial charge in [-0.1, -0.05) is 33.6 Å². The molecule has 122 valence electrons. The first kappa shape index (κ1) is 15.8. The molecule has 1 saturated carbocycles. The van der Waals surface area contributed by atoms with Gasteiger partial charge in [-0.3, -0.25) is 4.90 Å². The number of hydrogen-bond acceptors (Lipinski definition) is 3. The highest BCUT2D eigenvalue weighted by atomic mass is 16.5. The molecule has 1 N–H and O–H groups in total. The minimum Gasteiger partial charge on any atom is -0.377 e. The van der Waals surface area contributed by atoms with E-state index in [0.29, 0.717) is 23.1 Å². The van der Waals surface area contributed by atoms with Crippen LogP contribution in [0.4, 0.5) is 0 Å². The Morgan fingerprint density at radius 3 is 2.52 bits per heavy atom. The van der Waals surface area contributed by atoms with Crippen molar-refractivity contribution in [3.63, 3.8) is 0 Å². The molecule has 3 rings (SSSR count). The molecule has 0 amide bonds. The third-order valence-electron chi connectivity index (χ3n) is 6.03. The molecular weight excluding hydrogens is 260 g/mol. The van der Waals surface area contributed by atoms with Crippen LogP contribution in [0.5, 0.6) is 0 Å². The van der Waals surface area contributed by atoms with Crippen LogP contribution in [0.1, 0.15) is 65.7 Å². The van der Waals surface area contributed by atoms with E-state index in [2.05, 4.69) is 31.0 Å². The Balaban J connectivity index is 1.70. The summed E-state index contributed by atoms with van der Waals surface area (Å²) in [6.45, 7) is 11.6. The van der Waals surface area contributed by atoms with Crippen LogP contribution in [0.3, 0.4) is 0 Å². The molecule has 2 unspecified atom stereocenters. The van der Waals surface area contributed by atoms with Gasteiger partial charge >= 0.3 is 0 Å². The monoisotopic (exact) mass is 294 g/mol. The quantitative estimate of drug-likeness (QED) is 0.846. The van der Waals surface area contributed by atoms with Crippen LogP contribution in [0.15, 0.2) is 0 Å². The van der Waals surface area contributed by atoms with Gasteiger partial charge in [0.05, 0.1) is 6.10 Å². The molecule has 1 spiro atoms. The number of hydrogen-bond donors (Lipinski definition) is 1. The van der Waals surface area contributed by atoms with Gasteiger partial charge < -0.3 is 10.1 Å². The Hall–Kier alpha value is -0.120. The van der Waals surface area contributed by atoms with Crippen LogP contribution < -0.4 is 5.32 Å². The topological polar surface area (TPSA) is 24.5 Å². The van der Waals surface area contributed by atoms with E-state index < -0.39 is 0 Å². The van der Waals surface area contributed by atoms with Crippen LogP contribution in [0.25, 0.3) is 0 Å². The highest BCUT2D eigenvalue weighted by Gasteiger charge is 2.46. The first-order chi connectivity index (χ1) is 10.00. The van der Waals surface area contributed by atoms with Gasteiger partial charge in [0, 0.05) is 37.8 Å². The summed E-state index contributed by atoms with van der Waals surface area (Å²) in [5.41, 5.74) is 0.772. The third kappa shape index (κ3) is 3.46. The molecule has 2 aliphatic heterocycles. The number of ether oxygens (including phenoxy) is 1. The summed E-state index contributed by atoms with van der Waals surface area (Å²) < 4.78 is 6.04. The van der Waals surface area contributed by atoms with Crippen molar-refractivity contribution in [3.05, 3.63) is 0 Å². The first-order valence-electron chi connectivity index (χ1n) is 9.10. The second-order valence-corrected chi connectivity index (χ2v) is 8.62. The lowest BCUT2D eigenvalue weighted by Crippen LogP contribution is -2.67. The summed E-state index contributed by atoms with van der Waals surface area (Å²) >= 11 is 0. The lowest BCUT2D eigenvalue weighted by Gasteiger charge is -2.52. The summed E-state index contributed by atoms with van der Waals surface area (Å²) in [5.74, 6) is 0. The van der Waals surface area contributed by atoms with Crippen molar-refractivity contribution in [2.24, 2.45) is 5.41 Å². The second kappa shape index (κ2) is 6.17. The van der Waals surface area contributed by atoms with E-state index in [1.807, 2.05) is 0 Å². The maximum atomic E-state index is 6.04. The van der Waals surface area contributed by atoms with Gasteiger partial charge in [-0.15, -0.1) is 0 Å².